The first-order valence-electron chi connectivity index (χ1n) is 5.32. The Labute approximate surface area is 86.2 Å². The third-order valence-corrected chi connectivity index (χ3v) is 2.03. The second-order valence-corrected chi connectivity index (χ2v) is 3.28. The molecule has 84 valence electrons. The fraction of sp³-hybridized carbons (Fsp3) is 0.900. The van der Waals surface area contributed by atoms with Gasteiger partial charge in [0.1, 0.15) is 0 Å². The van der Waals surface area contributed by atoms with Gasteiger partial charge in [-0.2, -0.15) is 0 Å². The van der Waals surface area contributed by atoms with E-state index < -0.39 is 0 Å². The lowest BCUT2D eigenvalue weighted by Gasteiger charge is -2.12. The molecule has 0 aliphatic rings. The lowest BCUT2D eigenvalue weighted by molar-refractivity contribution is -0.120. The molecule has 0 saturated carbocycles. The molecule has 0 heterocycles. The maximum atomic E-state index is 10.8. The number of rotatable bonds is 9. The van der Waals surface area contributed by atoms with Gasteiger partial charge in [-0.15, -0.1) is 0 Å². The maximum absolute atomic E-state index is 10.8. The Morgan fingerprint density at radius 3 is 2.64 bits per heavy atom. The second kappa shape index (κ2) is 8.97. The predicted molar refractivity (Wildman–Crippen MR) is 57.0 cm³/mol. The van der Waals surface area contributed by atoms with Crippen molar-refractivity contribution in [3.8, 4) is 0 Å². The molecule has 3 N–H and O–H groups in total. The van der Waals surface area contributed by atoms with Crippen LogP contribution in [0.25, 0.3) is 0 Å². The van der Waals surface area contributed by atoms with Crippen molar-refractivity contribution >= 4 is 5.91 Å². The zero-order valence-electron chi connectivity index (χ0n) is 9.21. The van der Waals surface area contributed by atoms with Crippen LogP contribution in [-0.4, -0.2) is 31.7 Å². The molecule has 0 aromatic carbocycles. The van der Waals surface area contributed by atoms with E-state index in [4.69, 9.17) is 10.5 Å². The number of carbonyl (C=O) groups excluding carboxylic acids is 1. The van der Waals surface area contributed by atoms with Crippen LogP contribution in [0.2, 0.25) is 0 Å². The summed E-state index contributed by atoms with van der Waals surface area (Å²) >= 11 is 0. The Kier molecular flexibility index (Phi) is 8.57. The quantitative estimate of drug-likeness (QED) is 0.540. The van der Waals surface area contributed by atoms with Gasteiger partial charge >= 0.3 is 0 Å². The Morgan fingerprint density at radius 1 is 1.43 bits per heavy atom. The molecule has 1 atom stereocenters. The van der Waals surface area contributed by atoms with Crippen LogP contribution < -0.4 is 11.1 Å². The lowest BCUT2D eigenvalue weighted by Crippen LogP contribution is -2.42. The number of primary amides is 1. The van der Waals surface area contributed by atoms with Crippen LogP contribution in [0.4, 0.5) is 0 Å². The van der Waals surface area contributed by atoms with Crippen LogP contribution in [0.15, 0.2) is 0 Å². The molecule has 0 aromatic heterocycles. The van der Waals surface area contributed by atoms with E-state index in [9.17, 15) is 4.79 Å². The molecule has 4 heteroatoms. The molecule has 0 aromatic rings. The van der Waals surface area contributed by atoms with Crippen LogP contribution in [-0.2, 0) is 9.53 Å². The summed E-state index contributed by atoms with van der Waals surface area (Å²) < 4.78 is 5.33. The van der Waals surface area contributed by atoms with Crippen LogP contribution in [0.5, 0.6) is 0 Å². The Hall–Kier alpha value is -0.610. The Balaban J connectivity index is 3.29. The van der Waals surface area contributed by atoms with Crippen molar-refractivity contribution in [2.45, 2.75) is 39.2 Å². The molecule has 0 spiro atoms. The first-order valence-corrected chi connectivity index (χ1v) is 5.32. The fourth-order valence-electron chi connectivity index (χ4n) is 1.10. The number of nitrogens with one attached hydrogen (secondary N) is 1. The van der Waals surface area contributed by atoms with E-state index in [-0.39, 0.29) is 11.9 Å². The summed E-state index contributed by atoms with van der Waals surface area (Å²) in [6, 6.07) is -0.218. The normalized spacial score (nSPS) is 12.7. The predicted octanol–water partition coefficient (Wildman–Crippen LogP) is 0.657. The highest BCUT2D eigenvalue weighted by atomic mass is 16.5. The number of carbonyl (C=O) groups is 1. The zero-order valence-corrected chi connectivity index (χ0v) is 9.21. The van der Waals surface area contributed by atoms with E-state index in [2.05, 4.69) is 12.2 Å². The third kappa shape index (κ3) is 6.86. The topological polar surface area (TPSA) is 64.3 Å². The standard InChI is InChI=1S/C10H22N2O2/c1-3-5-7-14-8-6-12-9(4-2)10(11)13/h9,12H,3-8H2,1-2H3,(H2,11,13). The Bertz CT molecular complexity index is 151. The highest BCUT2D eigenvalue weighted by Crippen LogP contribution is 1.90. The van der Waals surface area contributed by atoms with Crippen LogP contribution in [0.1, 0.15) is 33.1 Å². The molecule has 1 unspecified atom stereocenters. The van der Waals surface area contributed by atoms with Crippen molar-refractivity contribution in [2.75, 3.05) is 19.8 Å². The van der Waals surface area contributed by atoms with Crippen molar-refractivity contribution in [3.05, 3.63) is 0 Å². The minimum Gasteiger partial charge on any atom is -0.380 e. The number of nitrogens with two attached hydrogens (primary N) is 1. The summed E-state index contributed by atoms with van der Waals surface area (Å²) in [5.41, 5.74) is 5.17. The van der Waals surface area contributed by atoms with Crippen LogP contribution in [0, 0.1) is 0 Å². The van der Waals surface area contributed by atoms with Crippen molar-refractivity contribution in [1.29, 1.82) is 0 Å². The molecule has 0 fully saturated rings. The molecule has 0 rings (SSSR count). The van der Waals surface area contributed by atoms with E-state index in [1.807, 2.05) is 6.92 Å². The Morgan fingerprint density at radius 2 is 2.14 bits per heavy atom. The van der Waals surface area contributed by atoms with E-state index >= 15 is 0 Å². The van der Waals surface area contributed by atoms with Crippen molar-refractivity contribution < 1.29 is 9.53 Å². The SMILES string of the molecule is CCCCOCCNC(CC)C(N)=O. The summed E-state index contributed by atoms with van der Waals surface area (Å²) in [5.74, 6) is -0.291. The molecule has 0 saturated heterocycles. The maximum Gasteiger partial charge on any atom is 0.234 e. The summed E-state index contributed by atoms with van der Waals surface area (Å²) in [6.45, 7) is 6.18. The molecule has 0 bridgehead atoms. The molecule has 4 nitrogen and oxygen atoms in total. The van der Waals surface area contributed by atoms with Crippen molar-refractivity contribution in [2.24, 2.45) is 5.73 Å². The van der Waals surface area contributed by atoms with Gasteiger partial charge in [-0.05, 0) is 12.8 Å². The van der Waals surface area contributed by atoms with Crippen molar-refractivity contribution in [3.63, 3.8) is 0 Å². The zero-order chi connectivity index (χ0) is 10.8. The van der Waals surface area contributed by atoms with Gasteiger partial charge in [0.2, 0.25) is 5.91 Å². The van der Waals surface area contributed by atoms with E-state index in [1.165, 1.54) is 0 Å². The van der Waals surface area contributed by atoms with Gasteiger partial charge in [-0.1, -0.05) is 20.3 Å². The molecule has 0 aliphatic heterocycles. The van der Waals surface area contributed by atoms with Gasteiger partial charge in [-0.3, -0.25) is 4.79 Å². The summed E-state index contributed by atoms with van der Waals surface area (Å²) in [6.07, 6.45) is 2.96. The highest BCUT2D eigenvalue weighted by Gasteiger charge is 2.10. The van der Waals surface area contributed by atoms with E-state index in [0.29, 0.717) is 13.2 Å². The highest BCUT2D eigenvalue weighted by molar-refractivity contribution is 5.79. The average Bonchev–Trinajstić information content (AvgIpc) is 2.16. The number of amides is 1. The first-order chi connectivity index (χ1) is 6.72. The smallest absolute Gasteiger partial charge is 0.234 e. The van der Waals surface area contributed by atoms with Gasteiger partial charge in [0.05, 0.1) is 12.6 Å². The lowest BCUT2D eigenvalue weighted by atomic mass is 10.2. The third-order valence-electron chi connectivity index (χ3n) is 2.03. The monoisotopic (exact) mass is 202 g/mol. The minimum absolute atomic E-state index is 0.218. The molecular weight excluding hydrogens is 180 g/mol. The van der Waals surface area contributed by atoms with Gasteiger partial charge in [0.15, 0.2) is 0 Å². The molecule has 1 amide bonds. The van der Waals surface area contributed by atoms with Gasteiger partial charge in [0.25, 0.3) is 0 Å². The molecule has 0 radical (unpaired) electrons. The first kappa shape index (κ1) is 13.4. The van der Waals surface area contributed by atoms with E-state index in [0.717, 1.165) is 25.9 Å². The second-order valence-electron chi connectivity index (χ2n) is 3.28. The number of ether oxygens (including phenoxy) is 1. The molecule has 0 aliphatic carbocycles. The summed E-state index contributed by atoms with van der Waals surface area (Å²) in [7, 11) is 0. The largest absolute Gasteiger partial charge is 0.380 e. The van der Waals surface area contributed by atoms with Gasteiger partial charge < -0.3 is 15.8 Å². The van der Waals surface area contributed by atoms with Gasteiger partial charge in [0, 0.05) is 13.2 Å². The summed E-state index contributed by atoms with van der Waals surface area (Å²) in [5, 5.41) is 3.05. The van der Waals surface area contributed by atoms with Gasteiger partial charge in [-0.25, -0.2) is 0 Å². The average molecular weight is 202 g/mol. The summed E-state index contributed by atoms with van der Waals surface area (Å²) in [4.78, 5) is 10.8. The minimum atomic E-state index is -0.291. The molecule has 14 heavy (non-hydrogen) atoms. The van der Waals surface area contributed by atoms with E-state index in [1.54, 1.807) is 0 Å². The number of hydrogen-bond acceptors (Lipinski definition) is 3. The molecular formula is C10H22N2O2. The number of unbranched alkanes of at least 4 members (excludes halogenated alkanes) is 1. The fourth-order valence-corrected chi connectivity index (χ4v) is 1.10. The van der Waals surface area contributed by atoms with Crippen LogP contribution >= 0.6 is 0 Å². The van der Waals surface area contributed by atoms with Crippen LogP contribution in [0.3, 0.4) is 0 Å². The number of hydrogen-bond donors (Lipinski definition) is 2. The van der Waals surface area contributed by atoms with Crippen molar-refractivity contribution in [1.82, 2.24) is 5.32 Å².